The van der Waals surface area contributed by atoms with Gasteiger partial charge in [-0.25, -0.2) is 14.8 Å². The van der Waals surface area contributed by atoms with Crippen molar-refractivity contribution in [2.24, 2.45) is 0 Å². The highest BCUT2D eigenvalue weighted by atomic mass is 16.6. The van der Waals surface area contributed by atoms with Crippen molar-refractivity contribution in [2.45, 2.75) is 90.4 Å². The van der Waals surface area contributed by atoms with Crippen LogP contribution in [0.25, 0.3) is 11.0 Å². The molecular weight excluding hydrogens is 406 g/mol. The molecule has 8 heteroatoms. The van der Waals surface area contributed by atoms with Crippen LogP contribution >= 0.6 is 0 Å². The summed E-state index contributed by atoms with van der Waals surface area (Å²) in [5.74, 6) is 0.773. The fourth-order valence-electron chi connectivity index (χ4n) is 5.04. The van der Waals surface area contributed by atoms with Gasteiger partial charge in [-0.15, -0.1) is 0 Å². The van der Waals surface area contributed by atoms with Crippen LogP contribution < -0.4 is 4.90 Å². The number of hydrogen-bond donors (Lipinski definition) is 0. The van der Waals surface area contributed by atoms with E-state index in [1.165, 1.54) is 19.3 Å². The summed E-state index contributed by atoms with van der Waals surface area (Å²) in [5, 5.41) is 0.817. The number of nitrogens with zero attached hydrogens (tertiary/aromatic N) is 5. The lowest BCUT2D eigenvalue weighted by atomic mass is 9.95. The Morgan fingerprint density at radius 1 is 1.09 bits per heavy atom. The van der Waals surface area contributed by atoms with E-state index in [4.69, 9.17) is 4.74 Å². The third-order valence-electron chi connectivity index (χ3n) is 6.60. The first kappa shape index (κ1) is 22.6. The van der Waals surface area contributed by atoms with Gasteiger partial charge in [-0.3, -0.25) is 4.79 Å². The molecule has 2 aliphatic rings. The van der Waals surface area contributed by atoms with Crippen molar-refractivity contribution in [3.63, 3.8) is 0 Å². The van der Waals surface area contributed by atoms with Gasteiger partial charge in [0.15, 0.2) is 6.29 Å². The molecule has 3 heterocycles. The minimum atomic E-state index is -0.531. The molecule has 8 nitrogen and oxygen atoms in total. The van der Waals surface area contributed by atoms with E-state index in [-0.39, 0.29) is 18.2 Å². The van der Waals surface area contributed by atoms with Crippen molar-refractivity contribution in [3.05, 3.63) is 18.1 Å². The van der Waals surface area contributed by atoms with Crippen LogP contribution in [0.15, 0.2) is 12.5 Å². The number of aromatic nitrogens is 3. The van der Waals surface area contributed by atoms with Gasteiger partial charge in [0.05, 0.1) is 5.39 Å². The number of carbonyl (C=O) groups excluding carboxylic acids is 2. The Kier molecular flexibility index (Phi) is 6.14. The average molecular weight is 442 g/mol. The first-order valence-electron chi connectivity index (χ1n) is 11.8. The molecule has 2 aromatic heterocycles. The van der Waals surface area contributed by atoms with E-state index in [1.807, 2.05) is 33.9 Å². The minimum Gasteiger partial charge on any atom is -0.444 e. The lowest BCUT2D eigenvalue weighted by Gasteiger charge is -2.44. The molecule has 2 aromatic rings. The Bertz CT molecular complexity index is 989. The van der Waals surface area contributed by atoms with E-state index < -0.39 is 5.60 Å². The van der Waals surface area contributed by atoms with Crippen molar-refractivity contribution < 1.29 is 14.3 Å². The Morgan fingerprint density at radius 2 is 1.81 bits per heavy atom. The van der Waals surface area contributed by atoms with Crippen molar-refractivity contribution in [1.29, 1.82) is 0 Å². The first-order chi connectivity index (χ1) is 15.2. The van der Waals surface area contributed by atoms with E-state index in [2.05, 4.69) is 26.4 Å². The molecule has 2 fully saturated rings. The van der Waals surface area contributed by atoms with Crippen LogP contribution in [-0.4, -0.2) is 62.6 Å². The summed E-state index contributed by atoms with van der Waals surface area (Å²) in [5.41, 5.74) is 0.936. The Labute approximate surface area is 189 Å². The highest BCUT2D eigenvalue weighted by Gasteiger charge is 2.36. The number of ether oxygens (including phenoxy) is 1. The van der Waals surface area contributed by atoms with Crippen LogP contribution in [0.3, 0.4) is 0 Å². The molecule has 0 N–H and O–H groups in total. The number of aldehydes is 1. The SMILES string of the molecule is C[C@@H]1CN(c2ncnc3c2c(C=O)cn3C2CCCCC2)[C@@H](C)CN1C(=O)OC(C)(C)C. The van der Waals surface area contributed by atoms with E-state index in [0.717, 1.165) is 36.0 Å². The first-order valence-corrected chi connectivity index (χ1v) is 11.8. The molecule has 174 valence electrons. The van der Waals surface area contributed by atoms with Gasteiger partial charge < -0.3 is 19.1 Å². The van der Waals surface area contributed by atoms with Crippen molar-refractivity contribution in [2.75, 3.05) is 18.0 Å². The lowest BCUT2D eigenvalue weighted by Crippen LogP contribution is -2.59. The fourth-order valence-corrected chi connectivity index (χ4v) is 5.04. The normalized spacial score (nSPS) is 22.9. The molecule has 0 aromatic carbocycles. The maximum atomic E-state index is 12.7. The maximum absolute atomic E-state index is 12.7. The number of anilines is 1. The molecule has 2 atom stereocenters. The summed E-state index contributed by atoms with van der Waals surface area (Å²) in [6.45, 7) is 10.9. The molecule has 1 aliphatic carbocycles. The van der Waals surface area contributed by atoms with Crippen LogP contribution in [0.1, 0.15) is 83.1 Å². The summed E-state index contributed by atoms with van der Waals surface area (Å²) in [4.78, 5) is 37.9. The zero-order valence-electron chi connectivity index (χ0n) is 19.9. The summed E-state index contributed by atoms with van der Waals surface area (Å²) in [7, 11) is 0. The standard InChI is InChI=1S/C24H35N5O3/c1-16-12-28(23(31)32-24(3,4)5)17(2)11-27(16)21-20-18(14-30)13-29(22(20)26-15-25-21)19-9-7-6-8-10-19/h13-17,19H,6-12H2,1-5H3/t16-,17+/m0/s1. The molecule has 1 saturated carbocycles. The predicted molar refractivity (Wildman–Crippen MR) is 124 cm³/mol. The molecule has 32 heavy (non-hydrogen) atoms. The summed E-state index contributed by atoms with van der Waals surface area (Å²) < 4.78 is 7.80. The predicted octanol–water partition coefficient (Wildman–Crippen LogP) is 4.58. The van der Waals surface area contributed by atoms with Crippen LogP contribution in [0.5, 0.6) is 0 Å². The number of fused-ring (bicyclic) bond motifs is 1. The number of rotatable bonds is 3. The second-order valence-electron chi connectivity index (χ2n) is 10.3. The molecule has 1 amide bonds. The van der Waals surface area contributed by atoms with Gasteiger partial charge in [0.2, 0.25) is 0 Å². The fraction of sp³-hybridized carbons (Fsp3) is 0.667. The van der Waals surface area contributed by atoms with E-state index >= 15 is 0 Å². The van der Waals surface area contributed by atoms with Crippen molar-refractivity contribution >= 4 is 29.2 Å². The second-order valence-corrected chi connectivity index (χ2v) is 10.3. The lowest BCUT2D eigenvalue weighted by molar-refractivity contribution is 0.0130. The van der Waals surface area contributed by atoms with Crippen molar-refractivity contribution in [1.82, 2.24) is 19.4 Å². The van der Waals surface area contributed by atoms with Gasteiger partial charge in [-0.1, -0.05) is 19.3 Å². The largest absolute Gasteiger partial charge is 0.444 e. The van der Waals surface area contributed by atoms with Gasteiger partial charge in [0, 0.05) is 43.0 Å². The molecule has 1 saturated heterocycles. The smallest absolute Gasteiger partial charge is 0.410 e. The molecule has 1 aliphatic heterocycles. The third kappa shape index (κ3) is 4.32. The van der Waals surface area contributed by atoms with E-state index in [0.29, 0.717) is 24.7 Å². The van der Waals surface area contributed by atoms with Crippen LogP contribution in [-0.2, 0) is 4.74 Å². The summed E-state index contributed by atoms with van der Waals surface area (Å²) in [6.07, 6.45) is 10.1. The Morgan fingerprint density at radius 3 is 2.47 bits per heavy atom. The number of piperazine rings is 1. The monoisotopic (exact) mass is 441 g/mol. The topological polar surface area (TPSA) is 80.6 Å². The van der Waals surface area contributed by atoms with Crippen LogP contribution in [0.4, 0.5) is 10.6 Å². The van der Waals surface area contributed by atoms with E-state index in [1.54, 1.807) is 11.2 Å². The zero-order valence-corrected chi connectivity index (χ0v) is 19.9. The van der Waals surface area contributed by atoms with Crippen LogP contribution in [0.2, 0.25) is 0 Å². The maximum Gasteiger partial charge on any atom is 0.410 e. The summed E-state index contributed by atoms with van der Waals surface area (Å²) >= 11 is 0. The average Bonchev–Trinajstić information content (AvgIpc) is 3.13. The molecule has 0 unspecified atom stereocenters. The molecular formula is C24H35N5O3. The Hall–Kier alpha value is -2.64. The second kappa shape index (κ2) is 8.71. The third-order valence-corrected chi connectivity index (χ3v) is 6.60. The number of carbonyl (C=O) groups is 2. The van der Waals surface area contributed by atoms with Crippen LogP contribution in [0, 0.1) is 0 Å². The van der Waals surface area contributed by atoms with Gasteiger partial charge in [0.1, 0.15) is 23.4 Å². The van der Waals surface area contributed by atoms with Crippen molar-refractivity contribution in [3.8, 4) is 0 Å². The minimum absolute atomic E-state index is 0.0225. The van der Waals surface area contributed by atoms with Gasteiger partial charge in [0.25, 0.3) is 0 Å². The quantitative estimate of drug-likeness (QED) is 0.649. The van der Waals surface area contributed by atoms with Gasteiger partial charge in [-0.2, -0.15) is 0 Å². The molecule has 4 rings (SSSR count). The zero-order chi connectivity index (χ0) is 23.0. The van der Waals surface area contributed by atoms with E-state index in [9.17, 15) is 9.59 Å². The highest BCUT2D eigenvalue weighted by molar-refractivity contribution is 6.02. The Balaban J connectivity index is 1.66. The number of hydrogen-bond acceptors (Lipinski definition) is 6. The molecule has 0 spiro atoms. The van der Waals surface area contributed by atoms with Gasteiger partial charge in [-0.05, 0) is 47.5 Å². The summed E-state index contributed by atoms with van der Waals surface area (Å²) in [6, 6.07) is 0.351. The number of amides is 1. The molecule has 0 radical (unpaired) electrons. The highest BCUT2D eigenvalue weighted by Crippen LogP contribution is 2.36. The van der Waals surface area contributed by atoms with Gasteiger partial charge >= 0.3 is 6.09 Å². The molecule has 0 bridgehead atoms.